The molecule has 0 radical (unpaired) electrons. The van der Waals surface area contributed by atoms with Gasteiger partial charge in [0.05, 0.1) is 11.6 Å². The van der Waals surface area contributed by atoms with Crippen LogP contribution in [-0.2, 0) is 6.61 Å². The van der Waals surface area contributed by atoms with Crippen LogP contribution >= 0.6 is 15.9 Å². The number of hydrogen-bond donors (Lipinski definition) is 2. The van der Waals surface area contributed by atoms with Gasteiger partial charge in [0.15, 0.2) is 0 Å². The highest BCUT2D eigenvalue weighted by Gasteiger charge is 2.19. The van der Waals surface area contributed by atoms with Gasteiger partial charge in [-0.15, -0.1) is 0 Å². The van der Waals surface area contributed by atoms with Crippen molar-refractivity contribution < 1.29 is 19.5 Å². The summed E-state index contributed by atoms with van der Waals surface area (Å²) in [5.74, 6) is 1.17. The van der Waals surface area contributed by atoms with Gasteiger partial charge < -0.3 is 19.5 Å². The van der Waals surface area contributed by atoms with Gasteiger partial charge in [0.2, 0.25) is 0 Å². The highest BCUT2D eigenvalue weighted by atomic mass is 79.9. The van der Waals surface area contributed by atoms with Crippen LogP contribution in [0.5, 0.6) is 11.5 Å². The lowest BCUT2D eigenvalue weighted by Crippen LogP contribution is -2.31. The zero-order valence-corrected chi connectivity index (χ0v) is 12.5. The molecule has 0 saturated carbocycles. The summed E-state index contributed by atoms with van der Waals surface area (Å²) < 4.78 is 11.5. The lowest BCUT2D eigenvalue weighted by atomic mass is 9.79. The van der Waals surface area contributed by atoms with Gasteiger partial charge in [-0.3, -0.25) is 0 Å². The topological polar surface area (TPSA) is 58.9 Å². The molecule has 0 amide bonds. The molecule has 0 spiro atoms. The quantitative estimate of drug-likeness (QED) is 0.816. The van der Waals surface area contributed by atoms with Crippen LogP contribution in [0.1, 0.15) is 5.56 Å². The average molecular weight is 337 g/mol. The van der Waals surface area contributed by atoms with Crippen molar-refractivity contribution in [1.29, 1.82) is 0 Å². The maximum atomic E-state index is 9.34. The number of methoxy groups -OCH3 is 1. The SMILES string of the molecule is COc1cccc(COc2c(Br)cccc2B(O)O)c1. The van der Waals surface area contributed by atoms with Gasteiger partial charge in [-0.05, 0) is 39.7 Å². The van der Waals surface area contributed by atoms with E-state index in [2.05, 4.69) is 15.9 Å². The van der Waals surface area contributed by atoms with Crippen molar-refractivity contribution in [2.24, 2.45) is 0 Å². The zero-order chi connectivity index (χ0) is 14.5. The molecule has 0 unspecified atom stereocenters. The van der Waals surface area contributed by atoms with E-state index in [1.807, 2.05) is 24.3 Å². The fourth-order valence-electron chi connectivity index (χ4n) is 1.80. The van der Waals surface area contributed by atoms with Gasteiger partial charge in [0.1, 0.15) is 18.1 Å². The van der Waals surface area contributed by atoms with Crippen LogP contribution in [0.25, 0.3) is 0 Å². The lowest BCUT2D eigenvalue weighted by molar-refractivity contribution is 0.304. The Hall–Kier alpha value is -1.50. The highest BCUT2D eigenvalue weighted by Crippen LogP contribution is 2.24. The number of rotatable bonds is 5. The maximum Gasteiger partial charge on any atom is 0.492 e. The van der Waals surface area contributed by atoms with Crippen LogP contribution in [0.2, 0.25) is 0 Å². The molecule has 104 valence electrons. The summed E-state index contributed by atoms with van der Waals surface area (Å²) in [6.07, 6.45) is 0. The largest absolute Gasteiger partial charge is 0.497 e. The monoisotopic (exact) mass is 336 g/mol. The summed E-state index contributed by atoms with van der Waals surface area (Å²) in [5, 5.41) is 18.7. The number of para-hydroxylation sites is 1. The van der Waals surface area contributed by atoms with Crippen LogP contribution in [0.3, 0.4) is 0 Å². The molecule has 2 N–H and O–H groups in total. The highest BCUT2D eigenvalue weighted by molar-refractivity contribution is 9.10. The Kier molecular flexibility index (Phi) is 5.06. The van der Waals surface area contributed by atoms with Crippen molar-refractivity contribution in [3.63, 3.8) is 0 Å². The summed E-state index contributed by atoms with van der Waals surface area (Å²) in [4.78, 5) is 0. The Labute approximate surface area is 126 Å². The third-order valence-corrected chi connectivity index (χ3v) is 3.42. The molecule has 0 saturated heterocycles. The normalized spacial score (nSPS) is 10.2. The zero-order valence-electron chi connectivity index (χ0n) is 10.9. The Bertz CT molecular complexity index is 589. The fourth-order valence-corrected chi connectivity index (χ4v) is 2.29. The second-order valence-corrected chi connectivity index (χ2v) is 5.03. The van der Waals surface area contributed by atoms with E-state index in [-0.39, 0.29) is 0 Å². The van der Waals surface area contributed by atoms with Gasteiger partial charge in [0, 0.05) is 5.46 Å². The Morgan fingerprint density at radius 2 is 1.90 bits per heavy atom. The molecular formula is C14H14BBrO4. The van der Waals surface area contributed by atoms with Crippen LogP contribution in [-0.4, -0.2) is 24.3 Å². The Morgan fingerprint density at radius 1 is 1.15 bits per heavy atom. The van der Waals surface area contributed by atoms with Crippen LogP contribution < -0.4 is 14.9 Å². The van der Waals surface area contributed by atoms with E-state index >= 15 is 0 Å². The first-order valence-corrected chi connectivity index (χ1v) is 6.81. The molecule has 2 aromatic rings. The standard InChI is InChI=1S/C14H14BBrO4/c1-19-11-5-2-4-10(8-11)9-20-14-12(15(17)18)6-3-7-13(14)16/h2-8,17-18H,9H2,1H3. The van der Waals surface area contributed by atoms with E-state index in [0.29, 0.717) is 22.3 Å². The lowest BCUT2D eigenvalue weighted by Gasteiger charge is -2.13. The minimum Gasteiger partial charge on any atom is -0.497 e. The van der Waals surface area contributed by atoms with Crippen LogP contribution in [0, 0.1) is 0 Å². The van der Waals surface area contributed by atoms with Gasteiger partial charge in [-0.2, -0.15) is 0 Å². The number of hydrogen-bond acceptors (Lipinski definition) is 4. The van der Waals surface area contributed by atoms with Crippen molar-refractivity contribution in [3.8, 4) is 11.5 Å². The smallest absolute Gasteiger partial charge is 0.492 e. The van der Waals surface area contributed by atoms with Crippen molar-refractivity contribution in [2.75, 3.05) is 7.11 Å². The molecule has 0 aliphatic heterocycles. The second-order valence-electron chi connectivity index (χ2n) is 4.17. The van der Waals surface area contributed by atoms with Crippen LogP contribution in [0.4, 0.5) is 0 Å². The molecule has 0 aliphatic carbocycles. The van der Waals surface area contributed by atoms with Crippen LogP contribution in [0.15, 0.2) is 46.9 Å². The summed E-state index contributed by atoms with van der Waals surface area (Å²) in [7, 11) is 0.0290. The molecule has 0 aliphatic rings. The molecule has 20 heavy (non-hydrogen) atoms. The predicted octanol–water partition coefficient (Wildman–Crippen LogP) is 1.72. The second kappa shape index (κ2) is 6.79. The first-order chi connectivity index (χ1) is 9.61. The van der Waals surface area contributed by atoms with E-state index in [4.69, 9.17) is 9.47 Å². The number of benzene rings is 2. The first-order valence-electron chi connectivity index (χ1n) is 6.02. The molecule has 0 atom stereocenters. The maximum absolute atomic E-state index is 9.34. The number of halogens is 1. The Morgan fingerprint density at radius 3 is 2.60 bits per heavy atom. The Balaban J connectivity index is 2.18. The summed E-state index contributed by atoms with van der Waals surface area (Å²) in [6.45, 7) is 0.305. The third-order valence-electron chi connectivity index (χ3n) is 2.79. The van der Waals surface area contributed by atoms with Gasteiger partial charge >= 0.3 is 7.12 Å². The minimum absolute atomic E-state index is 0.305. The van der Waals surface area contributed by atoms with E-state index in [1.165, 1.54) is 0 Å². The third kappa shape index (κ3) is 3.53. The minimum atomic E-state index is -1.58. The average Bonchev–Trinajstić information content (AvgIpc) is 2.45. The first kappa shape index (κ1) is 14.9. The number of ether oxygens (including phenoxy) is 2. The summed E-state index contributed by atoms with van der Waals surface area (Å²) >= 11 is 3.35. The van der Waals surface area contributed by atoms with E-state index < -0.39 is 7.12 Å². The van der Waals surface area contributed by atoms with Gasteiger partial charge in [0.25, 0.3) is 0 Å². The van der Waals surface area contributed by atoms with Crippen molar-refractivity contribution in [2.45, 2.75) is 6.61 Å². The molecule has 4 nitrogen and oxygen atoms in total. The van der Waals surface area contributed by atoms with Gasteiger partial charge in [-0.1, -0.05) is 24.3 Å². The van der Waals surface area contributed by atoms with Gasteiger partial charge in [-0.25, -0.2) is 0 Å². The molecule has 0 bridgehead atoms. The molecule has 2 aromatic carbocycles. The molecule has 6 heteroatoms. The molecule has 0 heterocycles. The summed E-state index contributed by atoms with van der Waals surface area (Å²) in [6, 6.07) is 12.6. The fraction of sp³-hybridized carbons (Fsp3) is 0.143. The van der Waals surface area contributed by atoms with Crippen molar-refractivity contribution in [3.05, 3.63) is 52.5 Å². The van der Waals surface area contributed by atoms with E-state index in [0.717, 1.165) is 11.3 Å². The molecule has 0 fully saturated rings. The molecule has 0 aromatic heterocycles. The molecule has 2 rings (SSSR count). The van der Waals surface area contributed by atoms with E-state index in [9.17, 15) is 10.0 Å². The van der Waals surface area contributed by atoms with E-state index in [1.54, 1.807) is 25.3 Å². The van der Waals surface area contributed by atoms with Crippen molar-refractivity contribution in [1.82, 2.24) is 0 Å². The predicted molar refractivity (Wildman–Crippen MR) is 81.3 cm³/mol. The van der Waals surface area contributed by atoms with Crippen molar-refractivity contribution >= 4 is 28.5 Å². The summed E-state index contributed by atoms with van der Waals surface area (Å²) in [5.41, 5.74) is 1.25. The molecular weight excluding hydrogens is 323 g/mol.